The van der Waals surface area contributed by atoms with Gasteiger partial charge in [0.25, 0.3) is 17.8 Å². The number of hydrogen-bond acceptors (Lipinski definition) is 8. The van der Waals surface area contributed by atoms with Gasteiger partial charge < -0.3 is 5.11 Å². The molecule has 0 radical (unpaired) electrons. The Labute approximate surface area is 146 Å². The molecule has 0 unspecified atom stereocenters. The predicted octanol–water partition coefficient (Wildman–Crippen LogP) is -0.914. The smallest absolute Gasteiger partial charge is 0.290 e. The Balaban J connectivity index is 0.000000758. The number of rotatable bonds is 6. The zero-order valence-electron chi connectivity index (χ0n) is 13.9. The number of nitrogens with one attached hydrogen (secondary N) is 2. The van der Waals surface area contributed by atoms with Crippen LogP contribution in [0.15, 0.2) is 17.2 Å². The van der Waals surface area contributed by atoms with Crippen LogP contribution in [0.4, 0.5) is 5.95 Å². The van der Waals surface area contributed by atoms with E-state index < -0.39 is 0 Å². The molecule has 0 fully saturated rings. The standard InChI is InChI=1S/C12H15N9O2.CH2O2/c1-2-3-8-6-10(23)21-12(14-8)16-11(17-21)15-9(22)4-5-20-7-13-18-19-20;2-1-3/h6-7H,2-5H2,1H3,(H2,14,15,16,17,22);1H,(H,2,3). The fraction of sp³-hybridized carbons (Fsp3) is 0.385. The van der Waals surface area contributed by atoms with Crippen LogP contribution >= 0.6 is 0 Å². The van der Waals surface area contributed by atoms with E-state index >= 15 is 0 Å². The first-order chi connectivity index (χ1) is 12.6. The Morgan fingerprint density at radius 2 is 2.19 bits per heavy atom. The molecular weight excluding hydrogens is 346 g/mol. The number of anilines is 1. The van der Waals surface area contributed by atoms with Gasteiger partial charge in [0.1, 0.15) is 6.33 Å². The summed E-state index contributed by atoms with van der Waals surface area (Å²) in [6.07, 6.45) is 3.18. The summed E-state index contributed by atoms with van der Waals surface area (Å²) in [6, 6.07) is 1.46. The number of aromatic nitrogens is 8. The minimum absolute atomic E-state index is 0.171. The highest BCUT2D eigenvalue weighted by Gasteiger charge is 2.10. The van der Waals surface area contributed by atoms with Gasteiger partial charge in [-0.15, -0.1) is 5.10 Å². The van der Waals surface area contributed by atoms with E-state index in [-0.39, 0.29) is 36.1 Å². The SMILES string of the molecule is CCCc1cc(=O)n2[nH]c(NC(=O)CCn3cnnn3)nc2n1.O=CO. The zero-order chi connectivity index (χ0) is 18.9. The molecule has 3 N–H and O–H groups in total. The molecule has 1 amide bonds. The lowest BCUT2D eigenvalue weighted by molar-refractivity contribution is -0.123. The Hall–Kier alpha value is -3.64. The van der Waals surface area contributed by atoms with Crippen LogP contribution in [0.3, 0.4) is 0 Å². The Morgan fingerprint density at radius 3 is 2.85 bits per heavy atom. The number of aromatic amines is 1. The highest BCUT2D eigenvalue weighted by molar-refractivity contribution is 5.88. The van der Waals surface area contributed by atoms with E-state index in [2.05, 4.69) is 35.9 Å². The molecule has 0 aliphatic rings. The number of H-pyrrole nitrogens is 1. The number of carboxylic acid groups (broad SMARTS) is 1. The molecule has 0 aromatic carbocycles. The summed E-state index contributed by atoms with van der Waals surface area (Å²) in [5, 5.41) is 22.8. The van der Waals surface area contributed by atoms with Gasteiger partial charge in [0.2, 0.25) is 11.9 Å². The molecule has 13 nitrogen and oxygen atoms in total. The summed E-state index contributed by atoms with van der Waals surface area (Å²) in [5.74, 6) is 0.128. The van der Waals surface area contributed by atoms with Gasteiger partial charge in [-0.25, -0.2) is 9.67 Å². The normalized spacial score (nSPS) is 10.2. The van der Waals surface area contributed by atoms with E-state index in [0.29, 0.717) is 18.7 Å². The van der Waals surface area contributed by atoms with E-state index in [1.165, 1.54) is 21.6 Å². The molecule has 0 saturated heterocycles. The quantitative estimate of drug-likeness (QED) is 0.468. The highest BCUT2D eigenvalue weighted by Crippen LogP contribution is 2.04. The van der Waals surface area contributed by atoms with E-state index in [0.717, 1.165) is 6.42 Å². The fourth-order valence-electron chi connectivity index (χ4n) is 2.06. The molecule has 13 heteroatoms. The summed E-state index contributed by atoms with van der Waals surface area (Å²) >= 11 is 0. The van der Waals surface area contributed by atoms with E-state index in [1.807, 2.05) is 6.92 Å². The first kappa shape index (κ1) is 18.7. The average molecular weight is 363 g/mol. The minimum Gasteiger partial charge on any atom is -0.483 e. The van der Waals surface area contributed by atoms with Crippen molar-refractivity contribution in [3.8, 4) is 0 Å². The highest BCUT2D eigenvalue weighted by atomic mass is 16.3. The second-order valence-electron chi connectivity index (χ2n) is 5.02. The monoisotopic (exact) mass is 363 g/mol. The van der Waals surface area contributed by atoms with Crippen molar-refractivity contribution in [2.24, 2.45) is 0 Å². The molecule has 0 aliphatic heterocycles. The van der Waals surface area contributed by atoms with Crippen LogP contribution in [-0.4, -0.2) is 57.3 Å². The summed E-state index contributed by atoms with van der Waals surface area (Å²) in [6.45, 7) is 2.10. The van der Waals surface area contributed by atoms with E-state index in [1.54, 1.807) is 0 Å². The molecule has 3 heterocycles. The van der Waals surface area contributed by atoms with Gasteiger partial charge in [-0.1, -0.05) is 13.3 Å². The van der Waals surface area contributed by atoms with Crippen LogP contribution in [0.2, 0.25) is 0 Å². The van der Waals surface area contributed by atoms with Crippen molar-refractivity contribution in [2.45, 2.75) is 32.7 Å². The lowest BCUT2D eigenvalue weighted by atomic mass is 10.2. The maximum atomic E-state index is 12.0. The number of fused-ring (bicyclic) bond motifs is 1. The number of amides is 1. The molecule has 0 bridgehead atoms. The van der Waals surface area contributed by atoms with E-state index in [9.17, 15) is 9.59 Å². The molecule has 3 aromatic rings. The third kappa shape index (κ3) is 4.93. The van der Waals surface area contributed by atoms with Crippen LogP contribution in [0, 0.1) is 0 Å². The molecule has 3 rings (SSSR count). The topological polar surface area (TPSA) is 173 Å². The second kappa shape index (κ2) is 9.00. The first-order valence-corrected chi connectivity index (χ1v) is 7.64. The molecular formula is C13H17N9O4. The van der Waals surface area contributed by atoms with Crippen molar-refractivity contribution in [1.82, 2.24) is 39.8 Å². The fourth-order valence-corrected chi connectivity index (χ4v) is 2.06. The molecule has 26 heavy (non-hydrogen) atoms. The van der Waals surface area contributed by atoms with Crippen molar-refractivity contribution < 1.29 is 14.7 Å². The molecule has 138 valence electrons. The van der Waals surface area contributed by atoms with Gasteiger partial charge in [-0.2, -0.15) is 9.50 Å². The van der Waals surface area contributed by atoms with Gasteiger partial charge in [0.15, 0.2) is 0 Å². The summed E-state index contributed by atoms with van der Waals surface area (Å²) in [7, 11) is 0. The van der Waals surface area contributed by atoms with E-state index in [4.69, 9.17) is 9.90 Å². The van der Waals surface area contributed by atoms with Crippen LogP contribution in [-0.2, 0) is 22.6 Å². The lowest BCUT2D eigenvalue weighted by Gasteiger charge is -2.00. The molecule has 0 aliphatic carbocycles. The van der Waals surface area contributed by atoms with Gasteiger partial charge in [0, 0.05) is 12.5 Å². The summed E-state index contributed by atoms with van der Waals surface area (Å²) in [5.41, 5.74) is 0.417. The third-order valence-corrected chi connectivity index (χ3v) is 3.11. The summed E-state index contributed by atoms with van der Waals surface area (Å²) < 4.78 is 2.64. The first-order valence-electron chi connectivity index (χ1n) is 7.64. The number of carbonyl (C=O) groups excluding carboxylic acids is 1. The van der Waals surface area contributed by atoms with Crippen molar-refractivity contribution in [2.75, 3.05) is 5.32 Å². The van der Waals surface area contributed by atoms with Crippen LogP contribution in [0.1, 0.15) is 25.5 Å². The zero-order valence-corrected chi connectivity index (χ0v) is 13.9. The molecule has 0 saturated carbocycles. The van der Waals surface area contributed by atoms with Crippen LogP contribution < -0.4 is 10.9 Å². The Bertz CT molecular complexity index is 915. The predicted molar refractivity (Wildman–Crippen MR) is 87.4 cm³/mol. The largest absolute Gasteiger partial charge is 0.483 e. The van der Waals surface area contributed by atoms with Gasteiger partial charge in [-0.3, -0.25) is 24.8 Å². The number of nitrogens with zero attached hydrogens (tertiary/aromatic N) is 7. The van der Waals surface area contributed by atoms with Crippen molar-refractivity contribution in [3.63, 3.8) is 0 Å². The maximum Gasteiger partial charge on any atom is 0.290 e. The maximum absolute atomic E-state index is 12.0. The molecule has 3 aromatic heterocycles. The number of tetrazole rings is 1. The Kier molecular flexibility index (Phi) is 6.47. The van der Waals surface area contributed by atoms with Gasteiger partial charge in [0.05, 0.1) is 12.2 Å². The summed E-state index contributed by atoms with van der Waals surface area (Å²) in [4.78, 5) is 40.6. The third-order valence-electron chi connectivity index (χ3n) is 3.11. The Morgan fingerprint density at radius 1 is 1.42 bits per heavy atom. The van der Waals surface area contributed by atoms with Gasteiger partial charge in [-0.05, 0) is 16.8 Å². The van der Waals surface area contributed by atoms with Crippen molar-refractivity contribution in [1.29, 1.82) is 0 Å². The molecule has 0 atom stereocenters. The minimum atomic E-state index is -0.276. The number of hydrogen-bond donors (Lipinski definition) is 3. The van der Waals surface area contributed by atoms with Crippen molar-refractivity contribution >= 4 is 24.1 Å². The number of aryl methyl sites for hydroxylation is 2. The average Bonchev–Trinajstić information content (AvgIpc) is 3.23. The van der Waals surface area contributed by atoms with Crippen molar-refractivity contribution in [3.05, 3.63) is 28.4 Å². The van der Waals surface area contributed by atoms with Gasteiger partial charge >= 0.3 is 0 Å². The lowest BCUT2D eigenvalue weighted by Crippen LogP contribution is -2.17. The molecule has 0 spiro atoms. The van der Waals surface area contributed by atoms with Crippen LogP contribution in [0.25, 0.3) is 5.78 Å². The number of carbonyl (C=O) groups is 2. The second-order valence-corrected chi connectivity index (χ2v) is 5.02. The van der Waals surface area contributed by atoms with Crippen LogP contribution in [0.5, 0.6) is 0 Å².